The van der Waals surface area contributed by atoms with Crippen molar-refractivity contribution in [1.29, 1.82) is 0 Å². The van der Waals surface area contributed by atoms with Gasteiger partial charge < -0.3 is 10.5 Å². The number of nitrogens with two attached hydrogens (primary N) is 1. The van der Waals surface area contributed by atoms with Gasteiger partial charge in [0.15, 0.2) is 0 Å². The first-order valence-corrected chi connectivity index (χ1v) is 6.59. The summed E-state index contributed by atoms with van der Waals surface area (Å²) in [6.45, 7) is 4.83. The van der Waals surface area contributed by atoms with E-state index < -0.39 is 0 Å². The molecule has 0 saturated heterocycles. The summed E-state index contributed by atoms with van der Waals surface area (Å²) < 4.78 is 18.8. The van der Waals surface area contributed by atoms with E-state index in [1.807, 2.05) is 0 Å². The first kappa shape index (κ1) is 13.1. The van der Waals surface area contributed by atoms with E-state index in [-0.39, 0.29) is 5.82 Å². The summed E-state index contributed by atoms with van der Waals surface area (Å²) in [5.41, 5.74) is 7.34. The van der Waals surface area contributed by atoms with Crippen molar-refractivity contribution >= 4 is 11.3 Å². The molecule has 0 bridgehead atoms. The molecule has 1 heterocycles. The second kappa shape index (κ2) is 5.50. The Kier molecular flexibility index (Phi) is 3.99. The van der Waals surface area contributed by atoms with Gasteiger partial charge in [0.25, 0.3) is 0 Å². The first-order chi connectivity index (χ1) is 8.60. The van der Waals surface area contributed by atoms with Crippen LogP contribution in [0.15, 0.2) is 24.3 Å². The van der Waals surface area contributed by atoms with E-state index >= 15 is 0 Å². The molecular weight excluding hydrogens is 249 g/mol. The Morgan fingerprint density at radius 1 is 1.28 bits per heavy atom. The summed E-state index contributed by atoms with van der Waals surface area (Å²) in [7, 11) is 0. The van der Waals surface area contributed by atoms with Crippen molar-refractivity contribution in [2.45, 2.75) is 27.0 Å². The Labute approximate surface area is 110 Å². The van der Waals surface area contributed by atoms with Crippen LogP contribution in [0.2, 0.25) is 0 Å². The lowest BCUT2D eigenvalue weighted by Crippen LogP contribution is -1.97. The third kappa shape index (κ3) is 2.89. The molecule has 0 radical (unpaired) electrons. The Hall–Kier alpha value is -1.39. The van der Waals surface area contributed by atoms with Gasteiger partial charge in [-0.15, -0.1) is 11.3 Å². The third-order valence-electron chi connectivity index (χ3n) is 2.80. The van der Waals surface area contributed by atoms with Crippen LogP contribution < -0.4 is 10.5 Å². The van der Waals surface area contributed by atoms with Gasteiger partial charge in [0.2, 0.25) is 0 Å². The van der Waals surface area contributed by atoms with Crippen LogP contribution in [0.1, 0.15) is 20.9 Å². The van der Waals surface area contributed by atoms with Gasteiger partial charge in [-0.1, -0.05) is 0 Å². The van der Waals surface area contributed by atoms with Crippen molar-refractivity contribution in [3.05, 3.63) is 51.0 Å². The Bertz CT molecular complexity index is 551. The monoisotopic (exact) mass is 265 g/mol. The number of aryl methyl sites for hydroxylation is 2. The lowest BCUT2D eigenvalue weighted by atomic mass is 10.2. The fourth-order valence-electron chi connectivity index (χ4n) is 1.70. The van der Waals surface area contributed by atoms with Gasteiger partial charge in [0, 0.05) is 21.9 Å². The summed E-state index contributed by atoms with van der Waals surface area (Å²) in [5.74, 6) is 0.480. The molecule has 0 saturated carbocycles. The third-order valence-corrected chi connectivity index (χ3v) is 3.91. The van der Waals surface area contributed by atoms with E-state index in [9.17, 15) is 4.39 Å². The second-order valence-corrected chi connectivity index (χ2v) is 5.54. The van der Waals surface area contributed by atoms with E-state index in [1.165, 1.54) is 10.9 Å². The van der Waals surface area contributed by atoms with Gasteiger partial charge >= 0.3 is 0 Å². The highest BCUT2D eigenvalue weighted by Crippen LogP contribution is 2.23. The number of hydrogen-bond acceptors (Lipinski definition) is 3. The standard InChI is InChI=1S/C14H16FNOS/c1-9-5-12(3-4-14(9)15)17-8-11-6-13(7-16)18-10(11)2/h3-6H,7-8,16H2,1-2H3. The minimum absolute atomic E-state index is 0.209. The predicted octanol–water partition coefficient (Wildman–Crippen LogP) is 3.54. The molecule has 18 heavy (non-hydrogen) atoms. The zero-order valence-electron chi connectivity index (χ0n) is 10.5. The molecule has 2 N–H and O–H groups in total. The van der Waals surface area contributed by atoms with Crippen LogP contribution in [0.5, 0.6) is 5.75 Å². The molecule has 1 aromatic heterocycles. The van der Waals surface area contributed by atoms with E-state index in [0.717, 1.165) is 10.4 Å². The molecule has 2 nitrogen and oxygen atoms in total. The molecule has 0 spiro atoms. The van der Waals surface area contributed by atoms with Gasteiger partial charge in [-0.25, -0.2) is 4.39 Å². The SMILES string of the molecule is Cc1cc(OCc2cc(CN)sc2C)ccc1F. The van der Waals surface area contributed by atoms with E-state index in [0.29, 0.717) is 24.5 Å². The highest BCUT2D eigenvalue weighted by atomic mass is 32.1. The molecule has 0 fully saturated rings. The van der Waals surface area contributed by atoms with Gasteiger partial charge in [-0.2, -0.15) is 0 Å². The molecule has 0 aliphatic rings. The van der Waals surface area contributed by atoms with E-state index in [4.69, 9.17) is 10.5 Å². The Morgan fingerprint density at radius 2 is 2.06 bits per heavy atom. The molecule has 0 amide bonds. The van der Waals surface area contributed by atoms with Crippen LogP contribution in [0.25, 0.3) is 0 Å². The smallest absolute Gasteiger partial charge is 0.126 e. The van der Waals surface area contributed by atoms with Crippen molar-refractivity contribution in [3.8, 4) is 5.75 Å². The summed E-state index contributed by atoms with van der Waals surface area (Å²) >= 11 is 1.69. The van der Waals surface area contributed by atoms with Crippen molar-refractivity contribution in [3.63, 3.8) is 0 Å². The number of thiophene rings is 1. The molecule has 2 rings (SSSR count). The fraction of sp³-hybridized carbons (Fsp3) is 0.286. The zero-order valence-corrected chi connectivity index (χ0v) is 11.3. The summed E-state index contributed by atoms with van der Waals surface area (Å²) in [6, 6.07) is 6.85. The summed E-state index contributed by atoms with van der Waals surface area (Å²) in [6.07, 6.45) is 0. The minimum atomic E-state index is -0.209. The van der Waals surface area contributed by atoms with Gasteiger partial charge in [-0.05, 0) is 43.7 Å². The molecule has 0 aliphatic heterocycles. The molecule has 0 unspecified atom stereocenters. The van der Waals surface area contributed by atoms with Crippen LogP contribution in [-0.4, -0.2) is 0 Å². The van der Waals surface area contributed by atoms with Crippen molar-refractivity contribution in [2.24, 2.45) is 5.73 Å². The fourth-order valence-corrected chi connectivity index (χ4v) is 2.63. The number of halogens is 1. The number of hydrogen-bond donors (Lipinski definition) is 1. The topological polar surface area (TPSA) is 35.2 Å². The van der Waals surface area contributed by atoms with Crippen LogP contribution >= 0.6 is 11.3 Å². The second-order valence-electron chi connectivity index (χ2n) is 4.20. The number of benzene rings is 1. The normalized spacial score (nSPS) is 10.7. The molecular formula is C14H16FNOS. The lowest BCUT2D eigenvalue weighted by Gasteiger charge is -2.07. The maximum absolute atomic E-state index is 13.1. The van der Waals surface area contributed by atoms with Crippen LogP contribution in [-0.2, 0) is 13.2 Å². The molecule has 4 heteroatoms. The molecule has 96 valence electrons. The summed E-state index contributed by atoms with van der Waals surface area (Å²) in [4.78, 5) is 2.37. The Balaban J connectivity index is 2.06. The zero-order chi connectivity index (χ0) is 13.1. The van der Waals surface area contributed by atoms with Crippen molar-refractivity contribution in [1.82, 2.24) is 0 Å². The van der Waals surface area contributed by atoms with Crippen LogP contribution in [0.4, 0.5) is 4.39 Å². The molecule has 0 aliphatic carbocycles. The van der Waals surface area contributed by atoms with Crippen molar-refractivity contribution < 1.29 is 9.13 Å². The van der Waals surface area contributed by atoms with Crippen molar-refractivity contribution in [2.75, 3.05) is 0 Å². The van der Waals surface area contributed by atoms with E-state index in [1.54, 1.807) is 30.4 Å². The molecule has 1 aromatic carbocycles. The predicted molar refractivity (Wildman–Crippen MR) is 72.4 cm³/mol. The summed E-state index contributed by atoms with van der Waals surface area (Å²) in [5, 5.41) is 0. The maximum Gasteiger partial charge on any atom is 0.126 e. The highest BCUT2D eigenvalue weighted by Gasteiger charge is 2.06. The molecule has 0 atom stereocenters. The highest BCUT2D eigenvalue weighted by molar-refractivity contribution is 7.12. The van der Waals surface area contributed by atoms with Crippen LogP contribution in [0, 0.1) is 19.7 Å². The maximum atomic E-state index is 13.1. The number of rotatable bonds is 4. The number of ether oxygens (including phenoxy) is 1. The average Bonchev–Trinajstić information content (AvgIpc) is 2.72. The largest absolute Gasteiger partial charge is 0.489 e. The van der Waals surface area contributed by atoms with Crippen LogP contribution in [0.3, 0.4) is 0 Å². The molecule has 2 aromatic rings. The lowest BCUT2D eigenvalue weighted by molar-refractivity contribution is 0.305. The van der Waals surface area contributed by atoms with E-state index in [2.05, 4.69) is 13.0 Å². The quantitative estimate of drug-likeness (QED) is 0.917. The van der Waals surface area contributed by atoms with Gasteiger partial charge in [-0.3, -0.25) is 0 Å². The average molecular weight is 265 g/mol. The first-order valence-electron chi connectivity index (χ1n) is 5.77. The van der Waals surface area contributed by atoms with Gasteiger partial charge in [0.1, 0.15) is 18.2 Å². The minimum Gasteiger partial charge on any atom is -0.489 e. The Morgan fingerprint density at radius 3 is 2.67 bits per heavy atom. The van der Waals surface area contributed by atoms with Gasteiger partial charge in [0.05, 0.1) is 0 Å².